The molecule has 0 aromatic heterocycles. The van der Waals surface area contributed by atoms with Gasteiger partial charge < -0.3 is 0 Å². The van der Waals surface area contributed by atoms with Crippen molar-refractivity contribution >= 4 is 29.0 Å². The van der Waals surface area contributed by atoms with E-state index in [-0.39, 0.29) is 5.41 Å². The van der Waals surface area contributed by atoms with Crippen LogP contribution in [-0.4, -0.2) is 23.8 Å². The fourth-order valence-electron chi connectivity index (χ4n) is 8.20. The maximum atomic E-state index is 13.7. The van der Waals surface area contributed by atoms with E-state index in [0.717, 1.165) is 47.9 Å². The fraction of sp³-hybridized carbons (Fsp3) is 0.516. The van der Waals surface area contributed by atoms with Crippen molar-refractivity contribution in [3.63, 3.8) is 0 Å². The number of carbonyl (C=O) groups excluding carboxylic acids is 1. The molecule has 2 nitrogen and oxygen atoms in total. The van der Waals surface area contributed by atoms with Crippen molar-refractivity contribution in [2.24, 2.45) is 23.7 Å². The Labute approximate surface area is 219 Å². The molecule has 0 N–H and O–H groups in total. The number of halogens is 2. The highest BCUT2D eigenvalue weighted by molar-refractivity contribution is 6.30. The van der Waals surface area contributed by atoms with Gasteiger partial charge in [0.05, 0.1) is 0 Å². The molecule has 7 rings (SSSR count). The van der Waals surface area contributed by atoms with E-state index < -0.39 is 0 Å². The van der Waals surface area contributed by atoms with E-state index in [4.69, 9.17) is 23.2 Å². The second-order valence-corrected chi connectivity index (χ2v) is 12.6. The molecule has 0 atom stereocenters. The maximum absolute atomic E-state index is 13.7. The summed E-state index contributed by atoms with van der Waals surface area (Å²) in [6.07, 6.45) is 11.3. The highest BCUT2D eigenvalue weighted by Gasteiger charge is 2.58. The van der Waals surface area contributed by atoms with Gasteiger partial charge in [-0.25, -0.2) is 0 Å². The van der Waals surface area contributed by atoms with Gasteiger partial charge in [-0.2, -0.15) is 0 Å². The molecule has 4 bridgehead atoms. The van der Waals surface area contributed by atoms with Gasteiger partial charge in [-0.05, 0) is 97.6 Å². The zero-order valence-corrected chi connectivity index (χ0v) is 21.9. The fourth-order valence-corrected chi connectivity index (χ4v) is 8.45. The standard InChI is InChI=1S/C31H35Cl2NO/c32-28-5-1-22(2-6-28)20-34-11-9-21(10-12-34)18-30(35)19-31(25-3-7-29(33)8-4-25)26-14-23-13-24(16-26)17-27(31)15-23/h1-9,23-24,26-27H,10-20H2. The summed E-state index contributed by atoms with van der Waals surface area (Å²) >= 11 is 12.3. The van der Waals surface area contributed by atoms with Crippen molar-refractivity contribution < 1.29 is 4.79 Å². The number of Topliss-reactive ketones (excluding diaryl/α,β-unsaturated/α-hetero) is 1. The lowest BCUT2D eigenvalue weighted by Gasteiger charge is -2.61. The number of hydrogen-bond donors (Lipinski definition) is 0. The molecule has 4 fully saturated rings. The summed E-state index contributed by atoms with van der Waals surface area (Å²) in [6.45, 7) is 2.86. The third-order valence-corrected chi connectivity index (χ3v) is 10.1. The zero-order valence-electron chi connectivity index (χ0n) is 20.4. The molecule has 35 heavy (non-hydrogen) atoms. The Balaban J connectivity index is 1.15. The van der Waals surface area contributed by atoms with Crippen LogP contribution in [0.4, 0.5) is 0 Å². The maximum Gasteiger partial charge on any atom is 0.137 e. The van der Waals surface area contributed by atoms with Gasteiger partial charge in [-0.3, -0.25) is 9.69 Å². The van der Waals surface area contributed by atoms with E-state index in [1.807, 2.05) is 24.3 Å². The van der Waals surface area contributed by atoms with E-state index in [2.05, 4.69) is 35.2 Å². The van der Waals surface area contributed by atoms with Crippen LogP contribution < -0.4 is 0 Å². The summed E-state index contributed by atoms with van der Waals surface area (Å²) in [5.74, 6) is 3.52. The number of benzene rings is 2. The van der Waals surface area contributed by atoms with Gasteiger partial charge in [-0.1, -0.05) is 59.1 Å². The topological polar surface area (TPSA) is 20.3 Å². The lowest BCUT2D eigenvalue weighted by Crippen LogP contribution is -2.56. The highest BCUT2D eigenvalue weighted by Crippen LogP contribution is 2.64. The van der Waals surface area contributed by atoms with Crippen molar-refractivity contribution in [1.29, 1.82) is 0 Å². The molecule has 0 unspecified atom stereocenters. The smallest absolute Gasteiger partial charge is 0.137 e. The molecule has 0 amide bonds. The van der Waals surface area contributed by atoms with E-state index in [9.17, 15) is 4.79 Å². The van der Waals surface area contributed by atoms with Crippen LogP contribution in [0.1, 0.15) is 62.5 Å². The Kier molecular flexibility index (Phi) is 6.58. The lowest BCUT2D eigenvalue weighted by molar-refractivity contribution is -0.126. The lowest BCUT2D eigenvalue weighted by atomic mass is 9.42. The van der Waals surface area contributed by atoms with Crippen LogP contribution in [0.5, 0.6) is 0 Å². The molecule has 1 aliphatic heterocycles. The molecule has 0 radical (unpaired) electrons. The molecular formula is C31H35Cl2NO. The average Bonchev–Trinajstić information content (AvgIpc) is 2.84. The summed E-state index contributed by atoms with van der Waals surface area (Å²) in [5, 5.41) is 1.57. The Hall–Kier alpha value is -1.61. The molecule has 4 heteroatoms. The second kappa shape index (κ2) is 9.69. The molecule has 5 aliphatic rings. The van der Waals surface area contributed by atoms with Gasteiger partial charge in [-0.15, -0.1) is 0 Å². The van der Waals surface area contributed by atoms with E-state index in [1.54, 1.807) is 0 Å². The van der Waals surface area contributed by atoms with Crippen LogP contribution >= 0.6 is 23.2 Å². The Bertz CT molecular complexity index is 1080. The monoisotopic (exact) mass is 507 g/mol. The molecule has 184 valence electrons. The van der Waals surface area contributed by atoms with E-state index in [0.29, 0.717) is 30.5 Å². The van der Waals surface area contributed by atoms with Gasteiger partial charge in [0, 0.05) is 47.9 Å². The van der Waals surface area contributed by atoms with Crippen molar-refractivity contribution in [3.05, 3.63) is 81.4 Å². The molecule has 0 spiro atoms. The summed E-state index contributed by atoms with van der Waals surface area (Å²) in [5.41, 5.74) is 4.01. The Morgan fingerprint density at radius 1 is 0.857 bits per heavy atom. The minimum absolute atomic E-state index is 0.0188. The Morgan fingerprint density at radius 3 is 2.03 bits per heavy atom. The minimum atomic E-state index is 0.0188. The molecule has 0 saturated heterocycles. The van der Waals surface area contributed by atoms with Crippen LogP contribution in [0, 0.1) is 23.7 Å². The quantitative estimate of drug-likeness (QED) is 0.355. The zero-order chi connectivity index (χ0) is 24.0. The summed E-state index contributed by atoms with van der Waals surface area (Å²) in [6, 6.07) is 16.7. The first-order valence-corrected chi connectivity index (χ1v) is 14.2. The van der Waals surface area contributed by atoms with Crippen LogP contribution in [-0.2, 0) is 16.8 Å². The average molecular weight is 509 g/mol. The normalized spacial score (nSPS) is 32.0. The van der Waals surface area contributed by atoms with Gasteiger partial charge in [0.25, 0.3) is 0 Å². The number of carbonyl (C=O) groups is 1. The van der Waals surface area contributed by atoms with Crippen LogP contribution in [0.2, 0.25) is 10.0 Å². The number of hydrogen-bond acceptors (Lipinski definition) is 2. The summed E-state index contributed by atoms with van der Waals surface area (Å²) in [4.78, 5) is 16.1. The third-order valence-electron chi connectivity index (χ3n) is 9.60. The van der Waals surface area contributed by atoms with Crippen molar-refractivity contribution in [3.8, 4) is 0 Å². The first-order valence-electron chi connectivity index (χ1n) is 13.4. The second-order valence-electron chi connectivity index (χ2n) is 11.7. The molecule has 2 aromatic rings. The summed E-state index contributed by atoms with van der Waals surface area (Å²) in [7, 11) is 0. The van der Waals surface area contributed by atoms with Crippen molar-refractivity contribution in [2.75, 3.05) is 13.1 Å². The number of rotatable bonds is 7. The van der Waals surface area contributed by atoms with Gasteiger partial charge in [0.2, 0.25) is 0 Å². The predicted molar refractivity (Wildman–Crippen MR) is 144 cm³/mol. The predicted octanol–water partition coefficient (Wildman–Crippen LogP) is 7.87. The van der Waals surface area contributed by atoms with Crippen LogP contribution in [0.25, 0.3) is 0 Å². The Morgan fingerprint density at radius 2 is 1.46 bits per heavy atom. The van der Waals surface area contributed by atoms with Gasteiger partial charge in [0.15, 0.2) is 0 Å². The van der Waals surface area contributed by atoms with Gasteiger partial charge in [0.1, 0.15) is 5.78 Å². The molecule has 1 heterocycles. The van der Waals surface area contributed by atoms with Crippen LogP contribution in [0.3, 0.4) is 0 Å². The first kappa shape index (κ1) is 23.8. The van der Waals surface area contributed by atoms with E-state index >= 15 is 0 Å². The number of nitrogens with zero attached hydrogens (tertiary/aromatic N) is 1. The van der Waals surface area contributed by atoms with Crippen molar-refractivity contribution in [1.82, 2.24) is 4.90 Å². The van der Waals surface area contributed by atoms with Gasteiger partial charge >= 0.3 is 0 Å². The van der Waals surface area contributed by atoms with Crippen molar-refractivity contribution in [2.45, 2.75) is 63.3 Å². The summed E-state index contributed by atoms with van der Waals surface area (Å²) < 4.78 is 0. The van der Waals surface area contributed by atoms with E-state index in [1.165, 1.54) is 48.8 Å². The molecule has 2 aromatic carbocycles. The largest absolute Gasteiger partial charge is 0.299 e. The highest BCUT2D eigenvalue weighted by atomic mass is 35.5. The molecule has 4 saturated carbocycles. The minimum Gasteiger partial charge on any atom is -0.299 e. The van der Waals surface area contributed by atoms with Crippen LogP contribution in [0.15, 0.2) is 60.2 Å². The SMILES string of the molecule is O=C(CC1=CCN(Cc2ccc(Cl)cc2)CC1)CC1(c2ccc(Cl)cc2)C2CC3CC(C2)CC1C3. The molecule has 4 aliphatic carbocycles. The first-order chi connectivity index (χ1) is 17.0. The molecular weight excluding hydrogens is 473 g/mol. The number of ketones is 1. The third kappa shape index (κ3) is 4.75.